The Hall–Kier alpha value is -0.540. The van der Waals surface area contributed by atoms with Crippen LogP contribution in [0.25, 0.3) is 0 Å². The molecule has 2 unspecified atom stereocenters. The lowest BCUT2D eigenvalue weighted by Gasteiger charge is -2.31. The van der Waals surface area contributed by atoms with E-state index in [9.17, 15) is 4.79 Å². The lowest BCUT2D eigenvalue weighted by atomic mass is 9.85. The molecule has 2 nitrogen and oxygen atoms in total. The summed E-state index contributed by atoms with van der Waals surface area (Å²) in [5, 5.41) is 0.447. The van der Waals surface area contributed by atoms with Gasteiger partial charge in [0.2, 0.25) is 0 Å². The Labute approximate surface area is 96.0 Å². The summed E-state index contributed by atoms with van der Waals surface area (Å²) in [6.07, 6.45) is 7.40. The van der Waals surface area contributed by atoms with Gasteiger partial charge < -0.3 is 10.5 Å². The van der Waals surface area contributed by atoms with E-state index in [0.717, 1.165) is 19.1 Å². The van der Waals surface area contributed by atoms with Crippen LogP contribution < -0.4 is 5.73 Å². The van der Waals surface area contributed by atoms with Gasteiger partial charge in [0.25, 0.3) is 0 Å². The van der Waals surface area contributed by atoms with Crippen LogP contribution in [0.2, 0.25) is 0 Å². The summed E-state index contributed by atoms with van der Waals surface area (Å²) in [5.41, 5.74) is 5.87. The highest BCUT2D eigenvalue weighted by Gasteiger charge is 2.44. The zero-order valence-corrected chi connectivity index (χ0v) is 9.84. The first-order chi connectivity index (χ1) is 7.22. The van der Waals surface area contributed by atoms with Gasteiger partial charge in [-0.25, -0.2) is 0 Å². The molecule has 0 spiro atoms. The fourth-order valence-electron chi connectivity index (χ4n) is 2.21. The molecule has 1 aliphatic rings. The van der Waals surface area contributed by atoms with Crippen molar-refractivity contribution in [2.24, 2.45) is 11.7 Å². The van der Waals surface area contributed by atoms with Gasteiger partial charge in [0.15, 0.2) is 0 Å². The van der Waals surface area contributed by atoms with E-state index < -0.39 is 0 Å². The first-order valence-electron chi connectivity index (χ1n) is 5.29. The van der Waals surface area contributed by atoms with Crippen LogP contribution in [-0.2, 0) is 4.79 Å². The largest absolute Gasteiger partial charge is 0.329 e. The summed E-state index contributed by atoms with van der Waals surface area (Å²) >= 11 is 1.86. The van der Waals surface area contributed by atoms with E-state index in [2.05, 4.69) is 13.2 Å². The van der Waals surface area contributed by atoms with E-state index >= 15 is 0 Å². The average Bonchev–Trinajstić information content (AvgIpc) is 2.65. The normalized spacial score (nSPS) is 35.0. The summed E-state index contributed by atoms with van der Waals surface area (Å²) in [7, 11) is 0. The van der Waals surface area contributed by atoms with Crippen molar-refractivity contribution in [1.82, 2.24) is 0 Å². The quantitative estimate of drug-likeness (QED) is 0.556. The molecule has 0 amide bonds. The molecule has 1 fully saturated rings. The minimum Gasteiger partial charge on any atom is -0.329 e. The molecular weight excluding hydrogens is 206 g/mol. The van der Waals surface area contributed by atoms with E-state index in [1.807, 2.05) is 23.9 Å². The van der Waals surface area contributed by atoms with Crippen molar-refractivity contribution in [3.8, 4) is 0 Å². The second-order valence-electron chi connectivity index (χ2n) is 3.94. The van der Waals surface area contributed by atoms with Gasteiger partial charge in [0.05, 0.1) is 0 Å². The summed E-state index contributed by atoms with van der Waals surface area (Å²) in [4.78, 5) is 10.5. The van der Waals surface area contributed by atoms with Gasteiger partial charge >= 0.3 is 0 Å². The predicted octanol–water partition coefficient (Wildman–Crippen LogP) is 2.16. The maximum Gasteiger partial charge on any atom is 0.120 e. The number of aldehydes is 1. The van der Waals surface area contributed by atoms with Gasteiger partial charge in [-0.15, -0.1) is 24.9 Å². The fraction of sp³-hybridized carbons (Fsp3) is 0.583. The van der Waals surface area contributed by atoms with E-state index in [4.69, 9.17) is 5.73 Å². The van der Waals surface area contributed by atoms with Crippen molar-refractivity contribution < 1.29 is 4.79 Å². The van der Waals surface area contributed by atoms with Gasteiger partial charge in [-0.1, -0.05) is 12.2 Å². The highest BCUT2D eigenvalue weighted by molar-refractivity contribution is 8.01. The summed E-state index contributed by atoms with van der Waals surface area (Å²) in [5.74, 6) is 0.399. The van der Waals surface area contributed by atoms with Crippen LogP contribution in [0, 0.1) is 5.92 Å². The van der Waals surface area contributed by atoms with Crippen molar-refractivity contribution >= 4 is 18.0 Å². The first-order valence-corrected chi connectivity index (χ1v) is 6.17. The summed E-state index contributed by atoms with van der Waals surface area (Å²) < 4.78 is 0.00150. The molecule has 0 aliphatic carbocycles. The highest BCUT2D eigenvalue weighted by atomic mass is 32.2. The number of hydrogen-bond donors (Lipinski definition) is 1. The number of thioether (sulfide) groups is 1. The number of carbonyl (C=O) groups is 1. The second-order valence-corrected chi connectivity index (χ2v) is 5.60. The van der Waals surface area contributed by atoms with E-state index in [-0.39, 0.29) is 4.75 Å². The molecule has 0 aromatic heterocycles. The molecule has 0 aromatic rings. The molecule has 15 heavy (non-hydrogen) atoms. The molecule has 2 N–H and O–H groups in total. The van der Waals surface area contributed by atoms with Crippen molar-refractivity contribution in [1.29, 1.82) is 0 Å². The molecular formula is C12H19NOS. The van der Waals surface area contributed by atoms with Crippen molar-refractivity contribution in [2.75, 3.05) is 6.54 Å². The standard InChI is InChI=1S/C12H19NOS/c1-3-10-8-11(4-2)15-12(10,9-13)6-5-7-14/h3-4,7,10-11H,1-2,5-6,8-9,13H2/t10?,11?,12-/m1/s1. The lowest BCUT2D eigenvalue weighted by Crippen LogP contribution is -2.38. The number of carbonyl (C=O) groups excluding carboxylic acids is 1. The SMILES string of the molecule is C=CC1CC(C=C)[C@](CN)(CCC=O)S1. The topological polar surface area (TPSA) is 43.1 Å². The molecule has 0 aromatic carbocycles. The van der Waals surface area contributed by atoms with Crippen LogP contribution in [0.15, 0.2) is 25.3 Å². The van der Waals surface area contributed by atoms with E-state index in [0.29, 0.717) is 24.1 Å². The first kappa shape index (κ1) is 12.5. The maximum atomic E-state index is 10.5. The van der Waals surface area contributed by atoms with Crippen LogP contribution >= 0.6 is 11.8 Å². The Kier molecular flexibility index (Phi) is 4.61. The maximum absolute atomic E-state index is 10.5. The lowest BCUT2D eigenvalue weighted by molar-refractivity contribution is -0.108. The number of rotatable bonds is 6. The monoisotopic (exact) mass is 225 g/mol. The van der Waals surface area contributed by atoms with Gasteiger partial charge in [-0.2, -0.15) is 0 Å². The number of hydrogen-bond acceptors (Lipinski definition) is 3. The Morgan fingerprint density at radius 2 is 2.20 bits per heavy atom. The number of allylic oxidation sites excluding steroid dienone is 1. The average molecular weight is 225 g/mol. The second kappa shape index (κ2) is 5.52. The van der Waals surface area contributed by atoms with Gasteiger partial charge in [-0.05, 0) is 18.8 Å². The predicted molar refractivity (Wildman–Crippen MR) is 67.0 cm³/mol. The van der Waals surface area contributed by atoms with Crippen LogP contribution in [-0.4, -0.2) is 22.8 Å². The fourth-order valence-corrected chi connectivity index (χ4v) is 3.91. The van der Waals surface area contributed by atoms with Crippen LogP contribution in [0.4, 0.5) is 0 Å². The zero-order chi connectivity index (χ0) is 11.3. The van der Waals surface area contributed by atoms with Gasteiger partial charge in [0, 0.05) is 23.0 Å². The summed E-state index contributed by atoms with van der Waals surface area (Å²) in [6, 6.07) is 0. The van der Waals surface area contributed by atoms with E-state index in [1.165, 1.54) is 0 Å². The van der Waals surface area contributed by atoms with Gasteiger partial charge in [-0.3, -0.25) is 0 Å². The third-order valence-electron chi connectivity index (χ3n) is 3.13. The smallest absolute Gasteiger partial charge is 0.120 e. The van der Waals surface area contributed by atoms with Crippen LogP contribution in [0.1, 0.15) is 19.3 Å². The summed E-state index contributed by atoms with van der Waals surface area (Å²) in [6.45, 7) is 8.30. The van der Waals surface area contributed by atoms with Crippen molar-refractivity contribution in [3.63, 3.8) is 0 Å². The van der Waals surface area contributed by atoms with Crippen LogP contribution in [0.3, 0.4) is 0 Å². The number of nitrogens with two attached hydrogens (primary N) is 1. The minimum absolute atomic E-state index is 0.00150. The molecule has 0 bridgehead atoms. The Morgan fingerprint density at radius 1 is 1.47 bits per heavy atom. The van der Waals surface area contributed by atoms with Gasteiger partial charge in [0.1, 0.15) is 6.29 Å². The Bertz CT molecular complexity index is 254. The zero-order valence-electron chi connectivity index (χ0n) is 9.02. The highest BCUT2D eigenvalue weighted by Crippen LogP contribution is 2.50. The third kappa shape index (κ3) is 2.52. The third-order valence-corrected chi connectivity index (χ3v) is 4.96. The molecule has 0 radical (unpaired) electrons. The van der Waals surface area contributed by atoms with E-state index in [1.54, 1.807) is 0 Å². The van der Waals surface area contributed by atoms with Crippen molar-refractivity contribution in [3.05, 3.63) is 25.3 Å². The van der Waals surface area contributed by atoms with Crippen molar-refractivity contribution in [2.45, 2.75) is 29.3 Å². The molecule has 3 atom stereocenters. The minimum atomic E-state index is 0.00150. The molecule has 1 heterocycles. The molecule has 84 valence electrons. The Balaban J connectivity index is 2.79. The van der Waals surface area contributed by atoms with Crippen LogP contribution in [0.5, 0.6) is 0 Å². The molecule has 1 aliphatic heterocycles. The molecule has 0 saturated carbocycles. The molecule has 1 saturated heterocycles. The molecule has 1 rings (SSSR count). The Morgan fingerprint density at radius 3 is 2.67 bits per heavy atom. The molecule has 3 heteroatoms.